The first-order valence-electron chi connectivity index (χ1n) is 9.33. The maximum absolute atomic E-state index is 3.99. The first-order valence-corrected chi connectivity index (χ1v) is 11.2. The summed E-state index contributed by atoms with van der Waals surface area (Å²) in [5.74, 6) is 0. The second-order valence-corrected chi connectivity index (χ2v) is 7.86. The lowest BCUT2D eigenvalue weighted by Gasteiger charge is -2.40. The molecule has 0 aliphatic rings. The molecule has 0 heterocycles. The van der Waals surface area contributed by atoms with E-state index in [9.17, 15) is 0 Å². The Hall–Kier alpha value is -0.123. The largest absolute Gasteiger partial charge is 0.288 e. The van der Waals surface area contributed by atoms with E-state index < -0.39 is 0 Å². The zero-order valence-electron chi connectivity index (χ0n) is 15.2. The Morgan fingerprint density at radius 3 is 1.62 bits per heavy atom. The Bertz CT molecular complexity index is 215. The second kappa shape index (κ2) is 14.8. The van der Waals surface area contributed by atoms with Crippen LogP contribution in [-0.4, -0.2) is 51.7 Å². The Kier molecular flexibility index (Phi) is 14.7. The summed E-state index contributed by atoms with van der Waals surface area (Å²) in [6, 6.07) is 1.37. The molecule has 0 amide bonds. The van der Waals surface area contributed by atoms with Gasteiger partial charge in [0.25, 0.3) is 0 Å². The van der Waals surface area contributed by atoms with E-state index in [1.807, 2.05) is 0 Å². The molecule has 0 aromatic rings. The average Bonchev–Trinajstić information content (AvgIpc) is 2.50. The SMILES string of the molecule is C=C[SiH2]CC(N(CCC)CCCC)N(CCC)CCCC. The van der Waals surface area contributed by atoms with E-state index in [0.717, 1.165) is 0 Å². The molecule has 0 saturated heterocycles. The Morgan fingerprint density at radius 2 is 1.29 bits per heavy atom. The predicted molar refractivity (Wildman–Crippen MR) is 101 cm³/mol. The molecule has 0 fully saturated rings. The monoisotopic (exact) mass is 312 g/mol. The van der Waals surface area contributed by atoms with Gasteiger partial charge in [-0.3, -0.25) is 9.80 Å². The molecular weight excluding hydrogens is 272 g/mol. The minimum Gasteiger partial charge on any atom is -0.288 e. The molecule has 126 valence electrons. The molecule has 0 N–H and O–H groups in total. The summed E-state index contributed by atoms with van der Waals surface area (Å²) in [5, 5.41) is 0. The number of hydrogen-bond acceptors (Lipinski definition) is 2. The first-order chi connectivity index (χ1) is 10.2. The predicted octanol–water partition coefficient (Wildman–Crippen LogP) is 4.07. The van der Waals surface area contributed by atoms with Crippen molar-refractivity contribution in [1.29, 1.82) is 0 Å². The fourth-order valence-corrected chi connectivity index (χ4v) is 4.24. The zero-order chi connectivity index (χ0) is 15.9. The molecule has 0 aliphatic heterocycles. The standard InChI is InChI=1S/C18H40N2Si/c1-6-11-15-19(13-8-3)18(17-21-10-5)20(14-9-4)16-12-7-2/h10,18H,5-9,11-17,21H2,1-4H3. The van der Waals surface area contributed by atoms with E-state index in [4.69, 9.17) is 0 Å². The van der Waals surface area contributed by atoms with E-state index in [1.165, 1.54) is 70.7 Å². The van der Waals surface area contributed by atoms with Crippen LogP contribution in [0.25, 0.3) is 0 Å². The van der Waals surface area contributed by atoms with Crippen LogP contribution >= 0.6 is 0 Å². The van der Waals surface area contributed by atoms with Gasteiger partial charge in [0.2, 0.25) is 0 Å². The van der Waals surface area contributed by atoms with E-state index in [-0.39, 0.29) is 9.52 Å². The molecule has 0 atom stereocenters. The highest BCUT2D eigenvalue weighted by atomic mass is 28.2. The fraction of sp³-hybridized carbons (Fsp3) is 0.889. The Labute approximate surface area is 136 Å². The van der Waals surface area contributed by atoms with Crippen LogP contribution < -0.4 is 0 Å². The highest BCUT2D eigenvalue weighted by Gasteiger charge is 2.23. The topological polar surface area (TPSA) is 6.48 Å². The van der Waals surface area contributed by atoms with Crippen molar-refractivity contribution < 1.29 is 0 Å². The van der Waals surface area contributed by atoms with Gasteiger partial charge in [-0.1, -0.05) is 40.5 Å². The summed E-state index contributed by atoms with van der Waals surface area (Å²) in [6.45, 7) is 18.3. The second-order valence-electron chi connectivity index (χ2n) is 6.13. The van der Waals surface area contributed by atoms with Crippen molar-refractivity contribution in [3.63, 3.8) is 0 Å². The van der Waals surface area contributed by atoms with E-state index in [0.29, 0.717) is 6.17 Å². The third kappa shape index (κ3) is 9.49. The molecule has 0 aromatic carbocycles. The van der Waals surface area contributed by atoms with Crippen LogP contribution in [0.5, 0.6) is 0 Å². The summed E-state index contributed by atoms with van der Waals surface area (Å²) >= 11 is 0. The van der Waals surface area contributed by atoms with Crippen LogP contribution in [0.15, 0.2) is 12.3 Å². The maximum atomic E-state index is 3.99. The molecule has 0 unspecified atom stereocenters. The minimum atomic E-state index is -0.111. The normalized spacial score (nSPS) is 12.3. The third-order valence-corrected chi connectivity index (χ3v) is 5.35. The van der Waals surface area contributed by atoms with Gasteiger partial charge in [-0.15, -0.1) is 12.3 Å². The van der Waals surface area contributed by atoms with Gasteiger partial charge in [0, 0.05) is 9.52 Å². The maximum Gasteiger partial charge on any atom is 0.0595 e. The lowest BCUT2D eigenvalue weighted by atomic mass is 10.2. The van der Waals surface area contributed by atoms with Crippen molar-refractivity contribution in [3.05, 3.63) is 12.3 Å². The van der Waals surface area contributed by atoms with Crippen molar-refractivity contribution in [2.24, 2.45) is 0 Å². The highest BCUT2D eigenvalue weighted by Crippen LogP contribution is 2.15. The Balaban J connectivity index is 4.88. The van der Waals surface area contributed by atoms with Gasteiger partial charge in [0.1, 0.15) is 0 Å². The molecule has 0 rings (SSSR count). The van der Waals surface area contributed by atoms with Crippen LogP contribution in [0.4, 0.5) is 0 Å². The van der Waals surface area contributed by atoms with Gasteiger partial charge < -0.3 is 0 Å². The van der Waals surface area contributed by atoms with Crippen molar-refractivity contribution in [2.75, 3.05) is 26.2 Å². The van der Waals surface area contributed by atoms with Crippen LogP contribution in [0.2, 0.25) is 6.04 Å². The van der Waals surface area contributed by atoms with Crippen molar-refractivity contribution in [1.82, 2.24) is 9.80 Å². The van der Waals surface area contributed by atoms with Crippen LogP contribution in [0, 0.1) is 0 Å². The summed E-state index contributed by atoms with van der Waals surface area (Å²) in [4.78, 5) is 5.54. The van der Waals surface area contributed by atoms with Crippen molar-refractivity contribution in [3.8, 4) is 0 Å². The summed E-state index contributed by atoms with van der Waals surface area (Å²) in [6.07, 6.45) is 8.48. The third-order valence-electron chi connectivity index (χ3n) is 4.09. The molecule has 0 saturated carbocycles. The average molecular weight is 313 g/mol. The van der Waals surface area contributed by atoms with Crippen molar-refractivity contribution in [2.45, 2.75) is 78.4 Å². The zero-order valence-corrected chi connectivity index (χ0v) is 16.7. The minimum absolute atomic E-state index is 0.111. The van der Waals surface area contributed by atoms with Gasteiger partial charge in [-0.2, -0.15) is 0 Å². The lowest BCUT2D eigenvalue weighted by molar-refractivity contribution is 0.0523. The number of unbranched alkanes of at least 4 members (excludes halogenated alkanes) is 2. The van der Waals surface area contributed by atoms with E-state index in [1.54, 1.807) is 0 Å². The molecule has 0 bridgehead atoms. The molecule has 3 heteroatoms. The highest BCUT2D eigenvalue weighted by molar-refractivity contribution is 6.41. The van der Waals surface area contributed by atoms with Crippen LogP contribution in [0.3, 0.4) is 0 Å². The Morgan fingerprint density at radius 1 is 0.810 bits per heavy atom. The molecule has 2 nitrogen and oxygen atoms in total. The summed E-state index contributed by atoms with van der Waals surface area (Å²) in [5.41, 5.74) is 2.22. The van der Waals surface area contributed by atoms with Gasteiger partial charge in [0.05, 0.1) is 6.17 Å². The summed E-state index contributed by atoms with van der Waals surface area (Å²) < 4.78 is 0. The van der Waals surface area contributed by atoms with E-state index in [2.05, 4.69) is 49.8 Å². The molecule has 0 radical (unpaired) electrons. The van der Waals surface area contributed by atoms with Gasteiger partial charge in [-0.25, -0.2) is 0 Å². The van der Waals surface area contributed by atoms with Crippen LogP contribution in [-0.2, 0) is 0 Å². The smallest absolute Gasteiger partial charge is 0.0595 e. The number of nitrogens with zero attached hydrogens (tertiary/aromatic N) is 2. The molecular formula is C18H40N2Si. The van der Waals surface area contributed by atoms with Gasteiger partial charge >= 0.3 is 0 Å². The molecule has 21 heavy (non-hydrogen) atoms. The molecule has 0 spiro atoms. The molecule has 0 aromatic heterocycles. The van der Waals surface area contributed by atoms with E-state index >= 15 is 0 Å². The summed E-state index contributed by atoms with van der Waals surface area (Å²) in [7, 11) is -0.111. The number of hydrogen-bond donors (Lipinski definition) is 0. The molecule has 0 aliphatic carbocycles. The van der Waals surface area contributed by atoms with Crippen LogP contribution in [0.1, 0.15) is 66.2 Å². The first kappa shape index (κ1) is 20.9. The lowest BCUT2D eigenvalue weighted by Crippen LogP contribution is -2.50. The fourth-order valence-electron chi connectivity index (χ4n) is 2.98. The number of rotatable bonds is 15. The van der Waals surface area contributed by atoms with Gasteiger partial charge in [0.15, 0.2) is 0 Å². The van der Waals surface area contributed by atoms with Crippen molar-refractivity contribution >= 4 is 9.52 Å². The quantitative estimate of drug-likeness (QED) is 0.332. The van der Waals surface area contributed by atoms with Gasteiger partial charge in [-0.05, 0) is 57.9 Å².